The average Bonchev–Trinajstić information content (AvgIpc) is 2.50. The third-order valence-corrected chi connectivity index (χ3v) is 3.27. The molecule has 0 bridgehead atoms. The van der Waals surface area contributed by atoms with Gasteiger partial charge in [-0.05, 0) is 12.1 Å². The number of anilines is 3. The number of methoxy groups -OCH3 is 1. The molecule has 21 heavy (non-hydrogen) atoms. The van der Waals surface area contributed by atoms with E-state index in [2.05, 4.69) is 10.3 Å². The smallest absolute Gasteiger partial charge is 0.148 e. The van der Waals surface area contributed by atoms with E-state index in [1.807, 2.05) is 24.3 Å². The van der Waals surface area contributed by atoms with Gasteiger partial charge in [0, 0.05) is 41.0 Å². The molecule has 2 aromatic carbocycles. The fourth-order valence-corrected chi connectivity index (χ4v) is 2.22. The lowest BCUT2D eigenvalue weighted by Gasteiger charge is -2.13. The molecule has 3 rings (SSSR count). The van der Waals surface area contributed by atoms with Crippen LogP contribution in [0.5, 0.6) is 5.75 Å². The largest absolute Gasteiger partial charge is 0.495 e. The van der Waals surface area contributed by atoms with E-state index in [1.54, 1.807) is 18.5 Å². The second-order valence-electron chi connectivity index (χ2n) is 4.60. The van der Waals surface area contributed by atoms with E-state index in [9.17, 15) is 4.39 Å². The molecule has 1 heterocycles. The molecule has 4 nitrogen and oxygen atoms in total. The van der Waals surface area contributed by atoms with Crippen molar-refractivity contribution in [2.45, 2.75) is 0 Å². The number of nitrogens with one attached hydrogen (secondary N) is 1. The van der Waals surface area contributed by atoms with E-state index in [0.29, 0.717) is 11.4 Å². The summed E-state index contributed by atoms with van der Waals surface area (Å²) in [5, 5.41) is 5.02. The Morgan fingerprint density at radius 2 is 2.05 bits per heavy atom. The summed E-state index contributed by atoms with van der Waals surface area (Å²) >= 11 is 0. The van der Waals surface area contributed by atoms with Gasteiger partial charge in [-0.2, -0.15) is 0 Å². The first kappa shape index (κ1) is 13.2. The van der Waals surface area contributed by atoms with E-state index in [0.717, 1.165) is 16.5 Å². The first-order chi connectivity index (χ1) is 10.2. The molecule has 106 valence electrons. The summed E-state index contributed by atoms with van der Waals surface area (Å²) in [6, 6.07) is 10.4. The maximum Gasteiger partial charge on any atom is 0.148 e. The first-order valence-corrected chi connectivity index (χ1v) is 6.42. The summed E-state index contributed by atoms with van der Waals surface area (Å²) in [5.41, 5.74) is 7.05. The molecule has 0 radical (unpaired) electrons. The van der Waals surface area contributed by atoms with Gasteiger partial charge in [-0.1, -0.05) is 12.1 Å². The molecule has 0 saturated heterocycles. The number of nitrogens with zero attached hydrogens (tertiary/aromatic N) is 1. The first-order valence-electron chi connectivity index (χ1n) is 6.42. The molecule has 0 aliphatic heterocycles. The van der Waals surface area contributed by atoms with Gasteiger partial charge in [0.2, 0.25) is 0 Å². The molecular weight excluding hydrogens is 269 g/mol. The maximum atomic E-state index is 14.0. The highest BCUT2D eigenvalue weighted by atomic mass is 19.1. The summed E-state index contributed by atoms with van der Waals surface area (Å²) in [6.07, 6.45) is 3.47. The zero-order chi connectivity index (χ0) is 14.8. The fourth-order valence-electron chi connectivity index (χ4n) is 2.22. The van der Waals surface area contributed by atoms with Crippen LogP contribution in [0.1, 0.15) is 0 Å². The van der Waals surface area contributed by atoms with E-state index in [1.165, 1.54) is 13.2 Å². The van der Waals surface area contributed by atoms with Gasteiger partial charge in [0.1, 0.15) is 11.6 Å². The fraction of sp³-hybridized carbons (Fsp3) is 0.0625. The number of halogens is 1. The Hall–Kier alpha value is -2.82. The minimum atomic E-state index is -0.431. The predicted molar refractivity (Wildman–Crippen MR) is 82.4 cm³/mol. The van der Waals surface area contributed by atoms with Crippen molar-refractivity contribution in [1.82, 2.24) is 4.98 Å². The molecule has 3 aromatic rings. The van der Waals surface area contributed by atoms with Gasteiger partial charge in [-0.3, -0.25) is 4.98 Å². The van der Waals surface area contributed by atoms with E-state index >= 15 is 0 Å². The second kappa shape index (κ2) is 5.28. The van der Waals surface area contributed by atoms with Crippen molar-refractivity contribution in [3.05, 3.63) is 54.6 Å². The topological polar surface area (TPSA) is 60.2 Å². The number of nitrogen functional groups attached to an aromatic ring is 1. The Morgan fingerprint density at radius 1 is 1.19 bits per heavy atom. The molecule has 0 atom stereocenters. The lowest BCUT2D eigenvalue weighted by molar-refractivity contribution is 0.416. The van der Waals surface area contributed by atoms with Gasteiger partial charge in [0.25, 0.3) is 0 Å². The summed E-state index contributed by atoms with van der Waals surface area (Å²) in [4.78, 5) is 4.08. The van der Waals surface area contributed by atoms with Gasteiger partial charge in [-0.25, -0.2) is 4.39 Å². The minimum Gasteiger partial charge on any atom is -0.495 e. The van der Waals surface area contributed by atoms with Crippen molar-refractivity contribution < 1.29 is 9.13 Å². The van der Waals surface area contributed by atoms with Crippen LogP contribution in [-0.4, -0.2) is 12.1 Å². The standard InChI is InChI=1S/C16H14FN3O/c1-21-16-8-15(12(17)7-13(16)18)20-14-4-2-3-10-9-19-6-5-11(10)14/h2-9,20H,18H2,1H3. The van der Waals surface area contributed by atoms with Gasteiger partial charge >= 0.3 is 0 Å². The highest BCUT2D eigenvalue weighted by Crippen LogP contribution is 2.32. The van der Waals surface area contributed by atoms with Crippen LogP contribution in [0.2, 0.25) is 0 Å². The summed E-state index contributed by atoms with van der Waals surface area (Å²) in [6.45, 7) is 0. The van der Waals surface area contributed by atoms with Crippen LogP contribution in [-0.2, 0) is 0 Å². The number of nitrogens with two attached hydrogens (primary N) is 1. The number of ether oxygens (including phenoxy) is 1. The molecule has 0 aliphatic rings. The average molecular weight is 283 g/mol. The van der Waals surface area contributed by atoms with Crippen molar-refractivity contribution in [2.24, 2.45) is 0 Å². The van der Waals surface area contributed by atoms with Crippen LogP contribution in [0.15, 0.2) is 48.8 Å². The van der Waals surface area contributed by atoms with E-state index in [4.69, 9.17) is 10.5 Å². The third kappa shape index (κ3) is 2.45. The number of pyridine rings is 1. The lowest BCUT2D eigenvalue weighted by atomic mass is 10.1. The lowest BCUT2D eigenvalue weighted by Crippen LogP contribution is -1.99. The molecule has 0 unspecified atom stereocenters. The van der Waals surface area contributed by atoms with Crippen molar-refractivity contribution in [3.63, 3.8) is 0 Å². The highest BCUT2D eigenvalue weighted by Gasteiger charge is 2.10. The Kier molecular flexibility index (Phi) is 3.31. The Balaban J connectivity index is 2.07. The molecule has 5 heteroatoms. The molecule has 0 aliphatic carbocycles. The Bertz CT molecular complexity index is 799. The Morgan fingerprint density at radius 3 is 2.86 bits per heavy atom. The van der Waals surface area contributed by atoms with Gasteiger partial charge in [-0.15, -0.1) is 0 Å². The zero-order valence-corrected chi connectivity index (χ0v) is 11.4. The maximum absolute atomic E-state index is 14.0. The normalized spacial score (nSPS) is 10.6. The SMILES string of the molecule is COc1cc(Nc2cccc3cnccc23)c(F)cc1N. The van der Waals surface area contributed by atoms with Gasteiger partial charge in [0.15, 0.2) is 0 Å². The highest BCUT2D eigenvalue weighted by molar-refractivity contribution is 5.95. The van der Waals surface area contributed by atoms with Crippen LogP contribution >= 0.6 is 0 Å². The Labute approximate surface area is 121 Å². The summed E-state index contributed by atoms with van der Waals surface area (Å²) in [7, 11) is 1.50. The van der Waals surface area contributed by atoms with E-state index < -0.39 is 5.82 Å². The van der Waals surface area contributed by atoms with Crippen LogP contribution in [0.4, 0.5) is 21.5 Å². The second-order valence-corrected chi connectivity index (χ2v) is 4.60. The van der Waals surface area contributed by atoms with Crippen LogP contribution in [0, 0.1) is 5.82 Å². The molecule has 0 spiro atoms. The molecule has 0 saturated carbocycles. The number of hydrogen-bond donors (Lipinski definition) is 2. The van der Waals surface area contributed by atoms with Crippen LogP contribution in [0.25, 0.3) is 10.8 Å². The van der Waals surface area contributed by atoms with Crippen LogP contribution in [0.3, 0.4) is 0 Å². The number of benzene rings is 2. The van der Waals surface area contributed by atoms with Crippen molar-refractivity contribution in [3.8, 4) is 5.75 Å². The molecular formula is C16H14FN3O. The van der Waals surface area contributed by atoms with Gasteiger partial charge < -0.3 is 15.8 Å². The number of hydrogen-bond acceptors (Lipinski definition) is 4. The molecule has 0 fully saturated rings. The molecule has 1 aromatic heterocycles. The van der Waals surface area contributed by atoms with E-state index in [-0.39, 0.29) is 5.69 Å². The summed E-state index contributed by atoms with van der Waals surface area (Å²) < 4.78 is 19.2. The summed E-state index contributed by atoms with van der Waals surface area (Å²) in [5.74, 6) is 0.000150. The quantitative estimate of drug-likeness (QED) is 0.719. The number of rotatable bonds is 3. The molecule has 0 amide bonds. The zero-order valence-electron chi connectivity index (χ0n) is 11.4. The predicted octanol–water partition coefficient (Wildman–Crippen LogP) is 3.71. The van der Waals surface area contributed by atoms with Gasteiger partial charge in [0.05, 0.1) is 18.5 Å². The third-order valence-electron chi connectivity index (χ3n) is 3.27. The number of aromatic nitrogens is 1. The number of fused-ring (bicyclic) bond motifs is 1. The van der Waals surface area contributed by atoms with Crippen molar-refractivity contribution in [2.75, 3.05) is 18.2 Å². The van der Waals surface area contributed by atoms with Crippen molar-refractivity contribution in [1.29, 1.82) is 0 Å². The molecule has 3 N–H and O–H groups in total. The monoisotopic (exact) mass is 283 g/mol. The van der Waals surface area contributed by atoms with Crippen molar-refractivity contribution >= 4 is 27.8 Å². The minimum absolute atomic E-state index is 0.266. The van der Waals surface area contributed by atoms with Crippen LogP contribution < -0.4 is 15.8 Å².